The van der Waals surface area contributed by atoms with Gasteiger partial charge in [-0.1, -0.05) is 46.8 Å². The van der Waals surface area contributed by atoms with Crippen molar-refractivity contribution in [2.75, 3.05) is 4.72 Å². The maximum atomic E-state index is 12.9. The standard InChI is InChI=1S/C24H31N3O3S/c1-16(2)22-17(3)26(7)27(23(22)28)20-12-14-21(15-13-20)31(29,30)25-19-10-8-18(9-11-19)24(4,5)6/h8-16,25H,1-7H3. The van der Waals surface area contributed by atoms with E-state index in [1.54, 1.807) is 33.6 Å². The second-order valence-corrected chi connectivity index (χ2v) is 10.9. The van der Waals surface area contributed by atoms with Gasteiger partial charge >= 0.3 is 0 Å². The SMILES string of the molecule is Cc1c(C(C)C)c(=O)n(-c2ccc(S(=O)(=O)Nc3ccc(C(C)(C)C)cc3)cc2)n1C. The van der Waals surface area contributed by atoms with Gasteiger partial charge in [-0.05, 0) is 60.2 Å². The molecule has 1 N–H and O–H groups in total. The monoisotopic (exact) mass is 441 g/mol. The second kappa shape index (κ2) is 8.04. The van der Waals surface area contributed by atoms with Crippen molar-refractivity contribution in [1.82, 2.24) is 9.36 Å². The van der Waals surface area contributed by atoms with Gasteiger partial charge in [0.2, 0.25) is 0 Å². The van der Waals surface area contributed by atoms with Gasteiger partial charge < -0.3 is 0 Å². The first kappa shape index (κ1) is 22.9. The predicted octanol–water partition coefficient (Wildman–Crippen LogP) is 4.71. The fourth-order valence-corrected chi connectivity index (χ4v) is 4.76. The van der Waals surface area contributed by atoms with E-state index in [1.165, 1.54) is 12.1 Å². The van der Waals surface area contributed by atoms with Gasteiger partial charge in [0, 0.05) is 24.0 Å². The van der Waals surface area contributed by atoms with Crippen molar-refractivity contribution < 1.29 is 8.42 Å². The summed E-state index contributed by atoms with van der Waals surface area (Å²) < 4.78 is 31.6. The molecule has 0 unspecified atom stereocenters. The third-order valence-electron chi connectivity index (χ3n) is 5.57. The van der Waals surface area contributed by atoms with Crippen LogP contribution in [-0.2, 0) is 22.5 Å². The molecule has 0 aliphatic rings. The smallest absolute Gasteiger partial charge is 0.275 e. The Bertz CT molecular complexity index is 1240. The molecule has 0 atom stereocenters. The van der Waals surface area contributed by atoms with Crippen molar-refractivity contribution >= 4 is 15.7 Å². The highest BCUT2D eigenvalue weighted by Crippen LogP contribution is 2.25. The van der Waals surface area contributed by atoms with Crippen LogP contribution in [0.5, 0.6) is 0 Å². The van der Waals surface area contributed by atoms with Gasteiger partial charge in [-0.25, -0.2) is 13.1 Å². The average Bonchev–Trinajstić information content (AvgIpc) is 2.90. The summed E-state index contributed by atoms with van der Waals surface area (Å²) in [4.78, 5) is 13.0. The molecule has 1 aromatic heterocycles. The molecular formula is C24H31N3O3S. The number of hydrogen-bond donors (Lipinski definition) is 1. The Labute approximate surface area is 184 Å². The Morgan fingerprint density at radius 3 is 1.94 bits per heavy atom. The van der Waals surface area contributed by atoms with Gasteiger partial charge in [0.1, 0.15) is 0 Å². The van der Waals surface area contributed by atoms with Crippen LogP contribution in [0.25, 0.3) is 5.69 Å². The zero-order chi connectivity index (χ0) is 23.1. The Hall–Kier alpha value is -2.80. The normalized spacial score (nSPS) is 12.4. The Morgan fingerprint density at radius 1 is 0.935 bits per heavy atom. The van der Waals surface area contributed by atoms with Crippen molar-refractivity contribution in [1.29, 1.82) is 0 Å². The molecule has 6 nitrogen and oxygen atoms in total. The van der Waals surface area contributed by atoms with E-state index in [-0.39, 0.29) is 21.8 Å². The van der Waals surface area contributed by atoms with Crippen LogP contribution in [0.1, 0.15) is 57.4 Å². The molecule has 0 fully saturated rings. The van der Waals surface area contributed by atoms with Crippen LogP contribution in [-0.4, -0.2) is 17.8 Å². The van der Waals surface area contributed by atoms with Crippen LogP contribution in [0, 0.1) is 6.92 Å². The molecule has 3 aromatic rings. The molecular weight excluding hydrogens is 410 g/mol. The zero-order valence-electron chi connectivity index (χ0n) is 19.2. The number of rotatable bonds is 5. The molecule has 0 aliphatic carbocycles. The summed E-state index contributed by atoms with van der Waals surface area (Å²) in [5.41, 5.74) is 3.84. The Balaban J connectivity index is 1.89. The number of nitrogens with one attached hydrogen (secondary N) is 1. The number of aromatic nitrogens is 2. The lowest BCUT2D eigenvalue weighted by Crippen LogP contribution is -2.21. The molecule has 31 heavy (non-hydrogen) atoms. The van der Waals surface area contributed by atoms with E-state index in [1.807, 2.05) is 40.0 Å². The van der Waals surface area contributed by atoms with Crippen molar-refractivity contribution in [3.63, 3.8) is 0 Å². The van der Waals surface area contributed by atoms with Gasteiger partial charge in [-0.3, -0.25) is 14.2 Å². The van der Waals surface area contributed by atoms with Crippen molar-refractivity contribution in [3.8, 4) is 5.69 Å². The highest BCUT2D eigenvalue weighted by molar-refractivity contribution is 7.92. The lowest BCUT2D eigenvalue weighted by atomic mass is 9.87. The highest BCUT2D eigenvalue weighted by atomic mass is 32.2. The van der Waals surface area contributed by atoms with E-state index in [9.17, 15) is 13.2 Å². The van der Waals surface area contributed by atoms with Gasteiger partial charge in [-0.15, -0.1) is 0 Å². The summed E-state index contributed by atoms with van der Waals surface area (Å²) in [5.74, 6) is 0.105. The molecule has 7 heteroatoms. The molecule has 3 rings (SSSR count). The van der Waals surface area contributed by atoms with Gasteiger partial charge in [0.25, 0.3) is 15.6 Å². The third-order valence-corrected chi connectivity index (χ3v) is 6.97. The molecule has 0 bridgehead atoms. The van der Waals surface area contributed by atoms with E-state index < -0.39 is 10.0 Å². The minimum absolute atomic E-state index is 0.00392. The zero-order valence-corrected chi connectivity index (χ0v) is 20.0. The Morgan fingerprint density at radius 2 is 1.48 bits per heavy atom. The van der Waals surface area contributed by atoms with Crippen LogP contribution in [0.3, 0.4) is 0 Å². The summed E-state index contributed by atoms with van der Waals surface area (Å²) in [6.07, 6.45) is 0. The van der Waals surface area contributed by atoms with Crippen LogP contribution in [0.2, 0.25) is 0 Å². The lowest BCUT2D eigenvalue weighted by molar-refractivity contribution is 0.590. The molecule has 1 heterocycles. The fraction of sp³-hybridized carbons (Fsp3) is 0.375. The summed E-state index contributed by atoms with van der Waals surface area (Å²) in [7, 11) is -1.91. The second-order valence-electron chi connectivity index (χ2n) is 9.22. The maximum Gasteiger partial charge on any atom is 0.275 e. The van der Waals surface area contributed by atoms with Crippen LogP contribution < -0.4 is 10.3 Å². The lowest BCUT2D eigenvalue weighted by Gasteiger charge is -2.19. The van der Waals surface area contributed by atoms with E-state index in [0.29, 0.717) is 11.4 Å². The average molecular weight is 442 g/mol. The van der Waals surface area contributed by atoms with Crippen LogP contribution in [0.4, 0.5) is 5.69 Å². The van der Waals surface area contributed by atoms with E-state index in [0.717, 1.165) is 16.8 Å². The fourth-order valence-electron chi connectivity index (χ4n) is 3.70. The molecule has 0 saturated carbocycles. The molecule has 2 aromatic carbocycles. The quantitative estimate of drug-likeness (QED) is 0.623. The highest BCUT2D eigenvalue weighted by Gasteiger charge is 2.20. The Kier molecular flexibility index (Phi) is 5.93. The number of anilines is 1. The van der Waals surface area contributed by atoms with Crippen LogP contribution in [0.15, 0.2) is 58.2 Å². The van der Waals surface area contributed by atoms with Crippen molar-refractivity contribution in [2.24, 2.45) is 7.05 Å². The van der Waals surface area contributed by atoms with Gasteiger partial charge in [-0.2, -0.15) is 0 Å². The number of sulfonamides is 1. The first-order chi connectivity index (χ1) is 14.3. The minimum atomic E-state index is -3.74. The van der Waals surface area contributed by atoms with E-state index in [2.05, 4.69) is 25.5 Å². The van der Waals surface area contributed by atoms with Gasteiger partial charge in [0.05, 0.1) is 10.6 Å². The first-order valence-electron chi connectivity index (χ1n) is 10.3. The number of hydrogen-bond acceptors (Lipinski definition) is 3. The summed E-state index contributed by atoms with van der Waals surface area (Å²) in [6.45, 7) is 12.2. The molecule has 0 spiro atoms. The van der Waals surface area contributed by atoms with E-state index in [4.69, 9.17) is 0 Å². The largest absolute Gasteiger partial charge is 0.285 e. The summed E-state index contributed by atoms with van der Waals surface area (Å²) in [6, 6.07) is 13.7. The molecule has 0 radical (unpaired) electrons. The topological polar surface area (TPSA) is 73.1 Å². The number of benzene rings is 2. The van der Waals surface area contributed by atoms with E-state index >= 15 is 0 Å². The summed E-state index contributed by atoms with van der Waals surface area (Å²) >= 11 is 0. The van der Waals surface area contributed by atoms with Crippen molar-refractivity contribution in [2.45, 2.75) is 57.8 Å². The van der Waals surface area contributed by atoms with Crippen LogP contribution >= 0.6 is 0 Å². The molecule has 0 aliphatic heterocycles. The number of nitrogens with zero attached hydrogens (tertiary/aromatic N) is 2. The first-order valence-corrected chi connectivity index (χ1v) is 11.8. The third kappa shape index (κ3) is 4.46. The molecule has 0 amide bonds. The summed E-state index contributed by atoms with van der Waals surface area (Å²) in [5, 5.41) is 0. The molecule has 0 saturated heterocycles. The van der Waals surface area contributed by atoms with Crippen molar-refractivity contribution in [3.05, 3.63) is 75.7 Å². The predicted molar refractivity (Wildman–Crippen MR) is 126 cm³/mol. The molecule has 166 valence electrons. The minimum Gasteiger partial charge on any atom is -0.285 e. The van der Waals surface area contributed by atoms with Gasteiger partial charge in [0.15, 0.2) is 0 Å². The maximum absolute atomic E-state index is 12.9.